The zero-order chi connectivity index (χ0) is 14.5. The molecule has 19 heavy (non-hydrogen) atoms. The van der Waals surface area contributed by atoms with Gasteiger partial charge < -0.3 is 15.7 Å². The molecular formula is C15H24N2O2. The van der Waals surface area contributed by atoms with Crippen LogP contribution in [0.15, 0.2) is 18.2 Å². The molecule has 0 aliphatic heterocycles. The van der Waals surface area contributed by atoms with E-state index < -0.39 is 0 Å². The van der Waals surface area contributed by atoms with Crippen molar-refractivity contribution in [2.45, 2.75) is 46.1 Å². The zero-order valence-electron chi connectivity index (χ0n) is 12.2. The van der Waals surface area contributed by atoms with Crippen molar-refractivity contribution in [2.24, 2.45) is 0 Å². The molecule has 0 aromatic heterocycles. The van der Waals surface area contributed by atoms with Crippen LogP contribution in [0, 0.1) is 13.8 Å². The molecule has 3 N–H and O–H groups in total. The highest BCUT2D eigenvalue weighted by atomic mass is 16.3. The van der Waals surface area contributed by atoms with Gasteiger partial charge in [0.25, 0.3) is 0 Å². The zero-order valence-corrected chi connectivity index (χ0v) is 12.2. The number of aliphatic hydroxyl groups excluding tert-OH is 1. The molecule has 1 unspecified atom stereocenters. The highest BCUT2D eigenvalue weighted by Crippen LogP contribution is 2.20. The van der Waals surface area contributed by atoms with Gasteiger partial charge in [-0.05, 0) is 44.7 Å². The summed E-state index contributed by atoms with van der Waals surface area (Å²) in [6.07, 6.45) is 1.32. The van der Waals surface area contributed by atoms with Gasteiger partial charge in [0.2, 0.25) is 0 Å². The molecule has 1 atom stereocenters. The molecule has 1 aromatic rings. The van der Waals surface area contributed by atoms with Crippen LogP contribution in [0.25, 0.3) is 0 Å². The number of carbonyl (C=O) groups is 1. The van der Waals surface area contributed by atoms with Gasteiger partial charge >= 0.3 is 6.03 Å². The Morgan fingerprint density at radius 1 is 1.32 bits per heavy atom. The van der Waals surface area contributed by atoms with Crippen LogP contribution in [0.3, 0.4) is 0 Å². The Kier molecular flexibility index (Phi) is 5.36. The average molecular weight is 264 g/mol. The predicted octanol–water partition coefficient (Wildman–Crippen LogP) is 2.98. The molecule has 4 heteroatoms. The maximum atomic E-state index is 12.1. The molecule has 1 aromatic carbocycles. The predicted molar refractivity (Wildman–Crippen MR) is 78.5 cm³/mol. The van der Waals surface area contributed by atoms with Crippen molar-refractivity contribution in [1.29, 1.82) is 0 Å². The number of amides is 2. The minimum Gasteiger partial charge on any atom is -0.396 e. The molecule has 0 saturated heterocycles. The third kappa shape index (κ3) is 4.24. The summed E-state index contributed by atoms with van der Waals surface area (Å²) in [7, 11) is 0. The van der Waals surface area contributed by atoms with Crippen molar-refractivity contribution in [1.82, 2.24) is 5.32 Å². The van der Waals surface area contributed by atoms with Crippen molar-refractivity contribution in [2.75, 3.05) is 11.9 Å². The van der Waals surface area contributed by atoms with Crippen LogP contribution in [-0.4, -0.2) is 23.3 Å². The van der Waals surface area contributed by atoms with Crippen LogP contribution in [0.1, 0.15) is 37.8 Å². The number of anilines is 1. The Bertz CT molecular complexity index is 426. The van der Waals surface area contributed by atoms with Crippen LogP contribution < -0.4 is 10.6 Å². The van der Waals surface area contributed by atoms with Crippen LogP contribution in [0.2, 0.25) is 0 Å². The van der Waals surface area contributed by atoms with Crippen LogP contribution in [-0.2, 0) is 0 Å². The SMILES string of the molecule is CCC(C)(CCO)NC(=O)Nc1c(C)cccc1C. The van der Waals surface area contributed by atoms with Gasteiger partial charge in [0.15, 0.2) is 0 Å². The highest BCUT2D eigenvalue weighted by Gasteiger charge is 2.23. The number of benzene rings is 1. The fourth-order valence-electron chi connectivity index (χ4n) is 2.00. The minimum atomic E-state index is -0.380. The smallest absolute Gasteiger partial charge is 0.319 e. The Morgan fingerprint density at radius 3 is 2.37 bits per heavy atom. The summed E-state index contributed by atoms with van der Waals surface area (Å²) >= 11 is 0. The second-order valence-corrected chi connectivity index (χ2v) is 5.23. The average Bonchev–Trinajstić information content (AvgIpc) is 2.34. The van der Waals surface area contributed by atoms with Gasteiger partial charge in [0.1, 0.15) is 0 Å². The maximum Gasteiger partial charge on any atom is 0.319 e. The number of hydrogen-bond donors (Lipinski definition) is 3. The van der Waals surface area contributed by atoms with E-state index >= 15 is 0 Å². The number of hydrogen-bond acceptors (Lipinski definition) is 2. The van der Waals surface area contributed by atoms with Crippen molar-refractivity contribution in [3.05, 3.63) is 29.3 Å². The second kappa shape index (κ2) is 6.57. The molecule has 0 saturated carbocycles. The topological polar surface area (TPSA) is 61.4 Å². The number of urea groups is 1. The van der Waals surface area contributed by atoms with Gasteiger partial charge in [-0.2, -0.15) is 0 Å². The van der Waals surface area contributed by atoms with Gasteiger partial charge in [-0.3, -0.25) is 0 Å². The molecule has 4 nitrogen and oxygen atoms in total. The number of aliphatic hydroxyl groups is 1. The highest BCUT2D eigenvalue weighted by molar-refractivity contribution is 5.91. The largest absolute Gasteiger partial charge is 0.396 e. The summed E-state index contributed by atoms with van der Waals surface area (Å²) in [4.78, 5) is 12.1. The number of rotatable bonds is 5. The van der Waals surface area contributed by atoms with Gasteiger partial charge in [0.05, 0.1) is 0 Å². The second-order valence-electron chi connectivity index (χ2n) is 5.23. The summed E-state index contributed by atoms with van der Waals surface area (Å²) in [5.41, 5.74) is 2.54. The van der Waals surface area contributed by atoms with E-state index in [4.69, 9.17) is 5.11 Å². The quantitative estimate of drug-likeness (QED) is 0.765. The molecule has 0 bridgehead atoms. The molecule has 0 heterocycles. The number of nitrogens with one attached hydrogen (secondary N) is 2. The molecule has 106 valence electrons. The van der Waals surface area contributed by atoms with Crippen molar-refractivity contribution in [3.8, 4) is 0 Å². The fraction of sp³-hybridized carbons (Fsp3) is 0.533. The Balaban J connectivity index is 2.75. The summed E-state index contributed by atoms with van der Waals surface area (Å²) in [6, 6.07) is 5.68. The molecule has 0 fully saturated rings. The number of aryl methyl sites for hydroxylation is 2. The lowest BCUT2D eigenvalue weighted by Gasteiger charge is -2.29. The molecule has 0 spiro atoms. The Labute approximate surface area is 115 Å². The summed E-state index contributed by atoms with van der Waals surface area (Å²) < 4.78 is 0. The van der Waals surface area contributed by atoms with E-state index in [1.54, 1.807) is 0 Å². The Morgan fingerprint density at radius 2 is 1.89 bits per heavy atom. The number of para-hydroxylation sites is 1. The first kappa shape index (κ1) is 15.5. The van der Waals surface area contributed by atoms with E-state index in [2.05, 4.69) is 10.6 Å². The first-order valence-electron chi connectivity index (χ1n) is 6.68. The molecule has 2 amide bonds. The van der Waals surface area contributed by atoms with Crippen LogP contribution in [0.5, 0.6) is 0 Å². The van der Waals surface area contributed by atoms with Crippen LogP contribution in [0.4, 0.5) is 10.5 Å². The number of carbonyl (C=O) groups excluding carboxylic acids is 1. The first-order valence-corrected chi connectivity index (χ1v) is 6.68. The van der Waals surface area contributed by atoms with Gasteiger partial charge in [0, 0.05) is 17.8 Å². The third-order valence-corrected chi connectivity index (χ3v) is 3.58. The van der Waals surface area contributed by atoms with Crippen LogP contribution >= 0.6 is 0 Å². The van der Waals surface area contributed by atoms with E-state index in [-0.39, 0.29) is 18.2 Å². The lowest BCUT2D eigenvalue weighted by Crippen LogP contribution is -2.48. The van der Waals surface area contributed by atoms with Gasteiger partial charge in [-0.15, -0.1) is 0 Å². The van der Waals surface area contributed by atoms with Crippen molar-refractivity contribution < 1.29 is 9.90 Å². The van der Waals surface area contributed by atoms with E-state index in [1.807, 2.05) is 45.9 Å². The van der Waals surface area contributed by atoms with Gasteiger partial charge in [-0.25, -0.2) is 4.79 Å². The minimum absolute atomic E-state index is 0.0635. The summed E-state index contributed by atoms with van der Waals surface area (Å²) in [5.74, 6) is 0. The van der Waals surface area contributed by atoms with E-state index in [0.717, 1.165) is 23.2 Å². The van der Waals surface area contributed by atoms with E-state index in [0.29, 0.717) is 6.42 Å². The molecule has 0 radical (unpaired) electrons. The van der Waals surface area contributed by atoms with E-state index in [1.165, 1.54) is 0 Å². The van der Waals surface area contributed by atoms with Gasteiger partial charge in [-0.1, -0.05) is 25.1 Å². The van der Waals surface area contributed by atoms with Crippen molar-refractivity contribution >= 4 is 11.7 Å². The molecular weight excluding hydrogens is 240 g/mol. The standard InChI is InChI=1S/C15H24N2O2/c1-5-15(4,9-10-18)17-14(19)16-13-11(2)7-6-8-12(13)3/h6-8,18H,5,9-10H2,1-4H3,(H2,16,17,19). The lowest BCUT2D eigenvalue weighted by atomic mass is 9.95. The lowest BCUT2D eigenvalue weighted by molar-refractivity contribution is 0.208. The van der Waals surface area contributed by atoms with Crippen molar-refractivity contribution in [3.63, 3.8) is 0 Å². The molecule has 0 aliphatic rings. The molecule has 0 aliphatic carbocycles. The maximum absolute atomic E-state index is 12.1. The normalized spacial score (nSPS) is 13.7. The summed E-state index contributed by atoms with van der Waals surface area (Å²) in [5, 5.41) is 14.9. The molecule has 1 rings (SSSR count). The third-order valence-electron chi connectivity index (χ3n) is 3.58. The monoisotopic (exact) mass is 264 g/mol. The first-order chi connectivity index (χ1) is 8.91. The Hall–Kier alpha value is -1.55. The fourth-order valence-corrected chi connectivity index (χ4v) is 2.00. The van der Waals surface area contributed by atoms with E-state index in [9.17, 15) is 4.79 Å². The summed E-state index contributed by atoms with van der Waals surface area (Å²) in [6.45, 7) is 7.93.